The van der Waals surface area contributed by atoms with E-state index in [1.165, 1.54) is 5.56 Å². The van der Waals surface area contributed by atoms with E-state index in [-0.39, 0.29) is 0 Å². The molecule has 0 unspecified atom stereocenters. The summed E-state index contributed by atoms with van der Waals surface area (Å²) in [5.74, 6) is 1.58. The monoisotopic (exact) mass is 706 g/mol. The number of hydrogen-bond acceptors (Lipinski definition) is 8. The van der Waals surface area contributed by atoms with Crippen LogP contribution >= 0.6 is 11.8 Å². The van der Waals surface area contributed by atoms with E-state index in [4.69, 9.17) is 33.2 Å². The topological polar surface area (TPSA) is 64.6 Å². The van der Waals surface area contributed by atoms with Crippen molar-refractivity contribution in [2.45, 2.75) is 68.1 Å². The van der Waals surface area contributed by atoms with Gasteiger partial charge in [0.25, 0.3) is 0 Å². The van der Waals surface area contributed by atoms with E-state index < -0.39 is 29.9 Å². The van der Waals surface area contributed by atoms with Crippen LogP contribution in [0.3, 0.4) is 0 Å². The molecular formula is C43H46O7S. The Morgan fingerprint density at radius 2 is 0.980 bits per heavy atom. The van der Waals surface area contributed by atoms with Crippen molar-refractivity contribution in [1.82, 2.24) is 0 Å². The molecule has 51 heavy (non-hydrogen) atoms. The molecule has 1 saturated heterocycles. The normalized spacial score (nSPS) is 20.2. The molecule has 0 saturated carbocycles. The van der Waals surface area contributed by atoms with Crippen LogP contribution in [0, 0.1) is 6.92 Å². The molecule has 0 amide bonds. The Labute approximate surface area is 305 Å². The molecule has 0 spiro atoms. The summed E-state index contributed by atoms with van der Waals surface area (Å²) in [5.41, 5.74) is 4.94. The zero-order chi connectivity index (χ0) is 35.3. The van der Waals surface area contributed by atoms with E-state index in [2.05, 4.69) is 55.5 Å². The number of benzene rings is 5. The fraction of sp³-hybridized carbons (Fsp3) is 0.302. The maximum atomic E-state index is 6.98. The number of aryl methyl sites for hydroxylation is 1. The third-order valence-electron chi connectivity index (χ3n) is 8.75. The molecule has 0 bridgehead atoms. The van der Waals surface area contributed by atoms with Crippen LogP contribution in [-0.4, -0.2) is 50.7 Å². The largest absolute Gasteiger partial charge is 0.497 e. The smallest absolute Gasteiger partial charge is 0.137 e. The molecule has 1 aliphatic rings. The third-order valence-corrected chi connectivity index (χ3v) is 9.90. The lowest BCUT2D eigenvalue weighted by Gasteiger charge is -2.46. The van der Waals surface area contributed by atoms with Crippen molar-refractivity contribution in [1.29, 1.82) is 0 Å². The van der Waals surface area contributed by atoms with Crippen LogP contribution in [0.25, 0.3) is 0 Å². The summed E-state index contributed by atoms with van der Waals surface area (Å²) in [6, 6.07) is 44.6. The van der Waals surface area contributed by atoms with Gasteiger partial charge in [0.1, 0.15) is 41.4 Å². The zero-order valence-electron chi connectivity index (χ0n) is 29.4. The number of ether oxygens (including phenoxy) is 7. The van der Waals surface area contributed by atoms with Crippen molar-refractivity contribution >= 4 is 11.8 Å². The second-order valence-electron chi connectivity index (χ2n) is 12.5. The number of methoxy groups -OCH3 is 2. The third kappa shape index (κ3) is 10.7. The van der Waals surface area contributed by atoms with Crippen molar-refractivity contribution in [3.8, 4) is 11.5 Å². The number of thioether (sulfide) groups is 1. The van der Waals surface area contributed by atoms with E-state index in [1.54, 1.807) is 26.0 Å². The predicted octanol–water partition coefficient (Wildman–Crippen LogP) is 8.80. The minimum Gasteiger partial charge on any atom is -0.497 e. The van der Waals surface area contributed by atoms with Gasteiger partial charge in [-0.15, -0.1) is 0 Å². The molecule has 7 nitrogen and oxygen atoms in total. The molecule has 1 heterocycles. The van der Waals surface area contributed by atoms with Gasteiger partial charge in [0, 0.05) is 4.90 Å². The average Bonchev–Trinajstić information content (AvgIpc) is 3.18. The Balaban J connectivity index is 1.32. The SMILES string of the molecule is COc1ccc(CO[C@@H]2[C@@H](OCc3ccc(OC)cc3)[C@H](Sc3ccc(C)cc3)O[C@H](COCc3ccccc3)[C@H]2OCc2ccccc2)cc1. The van der Waals surface area contributed by atoms with Gasteiger partial charge >= 0.3 is 0 Å². The summed E-state index contributed by atoms with van der Waals surface area (Å²) >= 11 is 1.63. The number of rotatable bonds is 17. The first kappa shape index (κ1) is 36.6. The van der Waals surface area contributed by atoms with Crippen molar-refractivity contribution in [2.24, 2.45) is 0 Å². The molecular weight excluding hydrogens is 661 g/mol. The van der Waals surface area contributed by atoms with E-state index in [0.29, 0.717) is 33.0 Å². The Morgan fingerprint density at radius 3 is 1.51 bits per heavy atom. The van der Waals surface area contributed by atoms with Gasteiger partial charge in [0.15, 0.2) is 0 Å². The predicted molar refractivity (Wildman–Crippen MR) is 200 cm³/mol. The molecule has 6 rings (SSSR count). The minimum atomic E-state index is -0.505. The minimum absolute atomic E-state index is 0.312. The molecule has 0 radical (unpaired) electrons. The van der Waals surface area contributed by atoms with Gasteiger partial charge in [-0.05, 0) is 65.6 Å². The molecule has 266 valence electrons. The summed E-state index contributed by atoms with van der Waals surface area (Å²) in [6.45, 7) is 3.94. The molecule has 0 aromatic heterocycles. The van der Waals surface area contributed by atoms with Crippen LogP contribution in [0.4, 0.5) is 0 Å². The summed E-state index contributed by atoms with van der Waals surface area (Å²) in [5, 5.41) is 0. The van der Waals surface area contributed by atoms with Crippen molar-refractivity contribution < 1.29 is 33.2 Å². The van der Waals surface area contributed by atoms with Gasteiger partial charge in [-0.25, -0.2) is 0 Å². The summed E-state index contributed by atoms with van der Waals surface area (Å²) in [7, 11) is 3.33. The second-order valence-corrected chi connectivity index (χ2v) is 13.7. The van der Waals surface area contributed by atoms with Crippen molar-refractivity contribution in [3.05, 3.63) is 161 Å². The van der Waals surface area contributed by atoms with Crippen LogP contribution in [-0.2, 0) is 50.1 Å². The maximum Gasteiger partial charge on any atom is 0.137 e. The molecule has 8 heteroatoms. The molecule has 0 aliphatic carbocycles. The highest BCUT2D eigenvalue weighted by atomic mass is 32.2. The van der Waals surface area contributed by atoms with Gasteiger partial charge in [0.05, 0.1) is 47.3 Å². The first-order chi connectivity index (χ1) is 25.1. The summed E-state index contributed by atoms with van der Waals surface area (Å²) in [4.78, 5) is 1.07. The summed E-state index contributed by atoms with van der Waals surface area (Å²) in [6.07, 6.45) is -1.95. The maximum absolute atomic E-state index is 6.98. The Morgan fingerprint density at radius 1 is 0.510 bits per heavy atom. The van der Waals surface area contributed by atoms with E-state index >= 15 is 0 Å². The standard InChI is InChI=1S/C43H46O7S/c1-31-14-24-38(25-15-31)51-43-42(49-29-35-18-22-37(45-3)23-19-35)41(48-28-34-16-20-36(44-2)21-17-34)40(47-27-33-12-8-5-9-13-33)39(50-43)30-46-26-32-10-6-4-7-11-32/h4-25,39-43H,26-30H2,1-3H3/t39-,40-,41+,42-,43+/m1/s1. The molecule has 1 aliphatic heterocycles. The quantitative estimate of drug-likeness (QED) is 0.0951. The van der Waals surface area contributed by atoms with Crippen LogP contribution in [0.1, 0.15) is 27.8 Å². The Kier molecular flexibility index (Phi) is 13.6. The lowest BCUT2D eigenvalue weighted by atomic mass is 9.98. The van der Waals surface area contributed by atoms with E-state index in [9.17, 15) is 0 Å². The molecule has 1 fully saturated rings. The Bertz CT molecular complexity index is 1720. The fourth-order valence-electron chi connectivity index (χ4n) is 5.89. The average molecular weight is 707 g/mol. The van der Waals surface area contributed by atoms with Crippen molar-refractivity contribution in [3.63, 3.8) is 0 Å². The van der Waals surface area contributed by atoms with E-state index in [0.717, 1.165) is 38.6 Å². The van der Waals surface area contributed by atoms with Crippen molar-refractivity contribution in [2.75, 3.05) is 20.8 Å². The van der Waals surface area contributed by atoms with Gasteiger partial charge in [-0.1, -0.05) is 114 Å². The molecule has 5 aromatic rings. The van der Waals surface area contributed by atoms with Crippen LogP contribution in [0.15, 0.2) is 138 Å². The fourth-order valence-corrected chi connectivity index (χ4v) is 7.02. The van der Waals surface area contributed by atoms with Crippen LogP contribution in [0.5, 0.6) is 11.5 Å². The lowest BCUT2D eigenvalue weighted by molar-refractivity contribution is -0.254. The van der Waals surface area contributed by atoms with Crippen LogP contribution < -0.4 is 9.47 Å². The highest BCUT2D eigenvalue weighted by Crippen LogP contribution is 2.38. The second kappa shape index (κ2) is 18.9. The zero-order valence-corrected chi connectivity index (χ0v) is 30.2. The van der Waals surface area contributed by atoms with Gasteiger partial charge < -0.3 is 33.2 Å². The van der Waals surface area contributed by atoms with Gasteiger partial charge in [-0.2, -0.15) is 0 Å². The molecule has 0 N–H and O–H groups in total. The number of hydrogen-bond donors (Lipinski definition) is 0. The van der Waals surface area contributed by atoms with E-state index in [1.807, 2.05) is 84.9 Å². The first-order valence-corrected chi connectivity index (χ1v) is 18.1. The highest BCUT2D eigenvalue weighted by molar-refractivity contribution is 7.99. The lowest BCUT2D eigenvalue weighted by Crippen LogP contribution is -2.60. The summed E-state index contributed by atoms with van der Waals surface area (Å²) < 4.78 is 44.7. The molecule has 5 aromatic carbocycles. The Hall–Kier alpha value is -4.15. The van der Waals surface area contributed by atoms with Crippen LogP contribution in [0.2, 0.25) is 0 Å². The first-order valence-electron chi connectivity index (χ1n) is 17.2. The van der Waals surface area contributed by atoms with Gasteiger partial charge in [0.2, 0.25) is 0 Å². The molecule has 5 atom stereocenters. The van der Waals surface area contributed by atoms with Gasteiger partial charge in [-0.3, -0.25) is 0 Å². The highest BCUT2D eigenvalue weighted by Gasteiger charge is 2.49.